The molecule has 0 fully saturated rings. The standard InChI is InChI=1S/C25H17.C10H8O.2C2H5.2ClH.H2Si.Ti/c1-3-7-18(8-4-1)20-11-13-24-22(15-20)17-23-16-21(12-14-25(23)24)19-9-5-2-6-10-19;11-10-6-5-8-3-1-2-4-9(8)7-10;2*1-2;;;;/h1-17H;1-7,11H;2*1H2,2H3;2*1H;1H2;/q;;;;;;;+1/p-1. The first-order valence-electron chi connectivity index (χ1n) is 15.1. The first kappa shape index (κ1) is 32.3. The quantitative estimate of drug-likeness (QED) is 0.154. The number of fused-ring (bicyclic) bond motifs is 4. The molecule has 0 saturated carbocycles. The second-order valence-corrected chi connectivity index (χ2v) is 28.4. The molecule has 1 aliphatic carbocycles. The molecule has 7 rings (SSSR count). The van der Waals surface area contributed by atoms with Crippen molar-refractivity contribution >= 4 is 43.2 Å². The van der Waals surface area contributed by atoms with Gasteiger partial charge in [0.15, 0.2) is 0 Å². The van der Waals surface area contributed by atoms with Gasteiger partial charge in [-0.3, -0.25) is 0 Å². The normalized spacial score (nSPS) is 12.5. The molecule has 0 aromatic heterocycles. The van der Waals surface area contributed by atoms with E-state index in [1.807, 2.05) is 0 Å². The third kappa shape index (κ3) is 5.49. The van der Waals surface area contributed by atoms with E-state index in [0.717, 1.165) is 15.2 Å². The van der Waals surface area contributed by atoms with Crippen LogP contribution in [0.4, 0.5) is 0 Å². The molecule has 0 heterocycles. The van der Waals surface area contributed by atoms with Crippen molar-refractivity contribution in [3.8, 4) is 39.1 Å². The molecule has 1 aliphatic rings. The Labute approximate surface area is 276 Å². The summed E-state index contributed by atoms with van der Waals surface area (Å²) in [5.41, 5.74) is 10.7. The van der Waals surface area contributed by atoms with Crippen LogP contribution in [0.5, 0.6) is 5.75 Å². The molecule has 0 N–H and O–H groups in total. The Hall–Kier alpha value is -3.11. The van der Waals surface area contributed by atoms with Crippen LogP contribution in [0, 0.1) is 0 Å². The summed E-state index contributed by atoms with van der Waals surface area (Å²) < 4.78 is 9.96. The Balaban J connectivity index is 0.00000192. The molecule has 6 aromatic rings. The third-order valence-electron chi connectivity index (χ3n) is 9.77. The Morgan fingerprint density at radius 1 is 0.523 bits per heavy atom. The van der Waals surface area contributed by atoms with E-state index in [-0.39, 0.29) is 29.0 Å². The van der Waals surface area contributed by atoms with Gasteiger partial charge in [0.25, 0.3) is 0 Å². The number of hydrogen-bond acceptors (Lipinski definition) is 1. The molecular formula is C39H38Cl2OSiTi. The molecule has 0 saturated heterocycles. The zero-order valence-corrected chi connectivity index (χ0v) is 29.8. The average Bonchev–Trinajstić information content (AvgIpc) is 3.39. The fourth-order valence-corrected chi connectivity index (χ4v) is 16.7. The first-order valence-corrected chi connectivity index (χ1v) is 22.9. The van der Waals surface area contributed by atoms with Crippen molar-refractivity contribution in [3.63, 3.8) is 0 Å². The van der Waals surface area contributed by atoms with Gasteiger partial charge in [-0.2, -0.15) is 0 Å². The summed E-state index contributed by atoms with van der Waals surface area (Å²) in [6.45, 7) is 4.77. The van der Waals surface area contributed by atoms with Crippen molar-refractivity contribution in [1.82, 2.24) is 0 Å². The van der Waals surface area contributed by atoms with Crippen molar-refractivity contribution < 1.29 is 17.7 Å². The summed E-state index contributed by atoms with van der Waals surface area (Å²) >= 11 is -3.81. The maximum Gasteiger partial charge on any atom is -0.147 e. The number of benzene rings is 6. The zero-order valence-electron chi connectivity index (χ0n) is 25.2. The van der Waals surface area contributed by atoms with Gasteiger partial charge in [0.05, 0.1) is 0 Å². The molecule has 0 bridgehead atoms. The van der Waals surface area contributed by atoms with Crippen molar-refractivity contribution in [2.45, 2.75) is 27.5 Å². The van der Waals surface area contributed by atoms with Crippen LogP contribution in [-0.2, 0) is 14.4 Å². The van der Waals surface area contributed by atoms with E-state index in [1.54, 1.807) is 0 Å². The molecule has 0 atom stereocenters. The van der Waals surface area contributed by atoms with Crippen molar-refractivity contribution in [2.75, 3.05) is 0 Å². The molecule has 0 spiro atoms. The number of rotatable bonds is 7. The van der Waals surface area contributed by atoms with E-state index < -0.39 is 14.4 Å². The third-order valence-corrected chi connectivity index (χ3v) is 26.0. The minimum absolute atomic E-state index is 0. The first-order chi connectivity index (χ1) is 20.5. The summed E-state index contributed by atoms with van der Waals surface area (Å²) in [6.07, 6.45) is 0. The van der Waals surface area contributed by atoms with Crippen LogP contribution in [0.2, 0.25) is 9.45 Å². The van der Waals surface area contributed by atoms with Gasteiger partial charge in [0.1, 0.15) is 0 Å². The summed E-state index contributed by atoms with van der Waals surface area (Å²) in [6, 6.07) is 51.1. The molecule has 6 aromatic carbocycles. The van der Waals surface area contributed by atoms with Gasteiger partial charge in [-0.1, -0.05) is 0 Å². The summed E-state index contributed by atoms with van der Waals surface area (Å²) in [4.78, 5) is 0. The Kier molecular flexibility index (Phi) is 9.33. The van der Waals surface area contributed by atoms with Crippen LogP contribution in [-0.4, -0.2) is 7.63 Å². The predicted octanol–water partition coefficient (Wildman–Crippen LogP) is 11.2. The SMILES string of the molecule is C[CH2][Ti](=[SiH2])([CH2]C)([O]c1ccc2ccccc2c1)[CH]1c2cc(-c3ccccc3)ccc2-c2ccc(-c3ccccc3)cc21.Cl.Cl. The smallest absolute Gasteiger partial charge is 0.147 e. The van der Waals surface area contributed by atoms with Gasteiger partial charge in [-0.05, 0) is 0 Å². The molecule has 44 heavy (non-hydrogen) atoms. The minimum Gasteiger partial charge on any atom is -0.147 e. The van der Waals surface area contributed by atoms with Gasteiger partial charge < -0.3 is 0 Å². The van der Waals surface area contributed by atoms with E-state index in [9.17, 15) is 0 Å². The van der Waals surface area contributed by atoms with Crippen molar-refractivity contribution in [1.29, 1.82) is 0 Å². The molecule has 0 amide bonds. The number of hydrogen-bond donors (Lipinski definition) is 0. The largest absolute Gasteiger partial charge is 0.147 e. The Bertz CT molecular complexity index is 1910. The number of halogens is 2. The van der Waals surface area contributed by atoms with Crippen LogP contribution in [0.15, 0.2) is 140 Å². The molecule has 5 heteroatoms. The van der Waals surface area contributed by atoms with E-state index in [1.165, 1.54) is 55.3 Å². The predicted molar refractivity (Wildman–Crippen MR) is 193 cm³/mol. The van der Waals surface area contributed by atoms with Crippen LogP contribution in [0.1, 0.15) is 29.2 Å². The zero-order chi connectivity index (χ0) is 28.8. The van der Waals surface area contributed by atoms with Crippen LogP contribution in [0.3, 0.4) is 0 Å². The van der Waals surface area contributed by atoms with Gasteiger partial charge >= 0.3 is 253 Å². The molecule has 0 radical (unpaired) electrons. The molecule has 0 aliphatic heterocycles. The van der Waals surface area contributed by atoms with Crippen molar-refractivity contribution in [2.24, 2.45) is 0 Å². The minimum atomic E-state index is -3.81. The van der Waals surface area contributed by atoms with Gasteiger partial charge in [0, 0.05) is 0 Å². The van der Waals surface area contributed by atoms with E-state index in [4.69, 9.17) is 3.32 Å². The van der Waals surface area contributed by atoms with E-state index >= 15 is 0 Å². The van der Waals surface area contributed by atoms with E-state index in [0.29, 0.717) is 0 Å². The van der Waals surface area contributed by atoms with Gasteiger partial charge in [0.2, 0.25) is 0 Å². The fourth-order valence-electron chi connectivity index (χ4n) is 7.08. The topological polar surface area (TPSA) is 9.23 Å². The second kappa shape index (κ2) is 12.7. The average molecular weight is 670 g/mol. The maximum atomic E-state index is 7.59. The van der Waals surface area contributed by atoms with E-state index in [2.05, 4.69) is 161 Å². The molecule has 222 valence electrons. The van der Waals surface area contributed by atoms with Crippen LogP contribution >= 0.6 is 24.8 Å². The molecule has 1 nitrogen and oxygen atoms in total. The second-order valence-electron chi connectivity index (χ2n) is 12.0. The maximum absolute atomic E-state index is 7.59. The molecule has 0 unspecified atom stereocenters. The van der Waals surface area contributed by atoms with Crippen LogP contribution < -0.4 is 3.32 Å². The molecular weight excluding hydrogens is 631 g/mol. The summed E-state index contributed by atoms with van der Waals surface area (Å²) in [5.74, 6) is 1.01. The summed E-state index contributed by atoms with van der Waals surface area (Å²) in [5, 5.41) is 2.48. The van der Waals surface area contributed by atoms with Gasteiger partial charge in [-0.15, -0.1) is 24.8 Å². The summed E-state index contributed by atoms with van der Waals surface area (Å²) in [7, 11) is 2.25. The Morgan fingerprint density at radius 3 is 1.50 bits per heavy atom. The monoisotopic (exact) mass is 668 g/mol. The van der Waals surface area contributed by atoms with Crippen LogP contribution in [0.25, 0.3) is 44.2 Å². The van der Waals surface area contributed by atoms with Gasteiger partial charge in [-0.25, -0.2) is 0 Å². The van der Waals surface area contributed by atoms with Crippen molar-refractivity contribution in [3.05, 3.63) is 151 Å². The Morgan fingerprint density at radius 2 is 1.00 bits per heavy atom. The fraction of sp³-hybridized carbons (Fsp3) is 0.128.